The van der Waals surface area contributed by atoms with Crippen molar-refractivity contribution in [3.05, 3.63) is 0 Å². The minimum absolute atomic E-state index is 0.0799. The van der Waals surface area contributed by atoms with Gasteiger partial charge in [0, 0.05) is 6.61 Å². The number of aliphatic hydroxyl groups is 1. The van der Waals surface area contributed by atoms with Crippen LogP contribution in [0.3, 0.4) is 0 Å². The molecule has 0 rings (SSSR count). The van der Waals surface area contributed by atoms with Crippen LogP contribution in [0.2, 0.25) is 0 Å². The lowest BCUT2D eigenvalue weighted by molar-refractivity contribution is 0.0321. The second kappa shape index (κ2) is 11.8. The molecule has 0 aliphatic carbocycles. The van der Waals surface area contributed by atoms with Gasteiger partial charge in [0.2, 0.25) is 0 Å². The number of aliphatic hydroxyl groups excluding tert-OH is 1. The average Bonchev–Trinajstić information content (AvgIpc) is 2.16. The fourth-order valence-electron chi connectivity index (χ4n) is 0.912. The minimum Gasteiger partial charge on any atom is -0.394 e. The summed E-state index contributed by atoms with van der Waals surface area (Å²) < 4.78 is 10.3. The predicted molar refractivity (Wildman–Crippen MR) is 51.6 cm³/mol. The monoisotopic (exact) mass is 191 g/mol. The summed E-state index contributed by atoms with van der Waals surface area (Å²) in [6.45, 7) is 3.20. The quantitative estimate of drug-likeness (QED) is 0.482. The Hall–Kier alpha value is -0.160. The molecule has 0 atom stereocenters. The van der Waals surface area contributed by atoms with Crippen molar-refractivity contribution in [2.75, 3.05) is 39.6 Å². The molecule has 0 heterocycles. The molecule has 4 heteroatoms. The summed E-state index contributed by atoms with van der Waals surface area (Å²) in [7, 11) is 0. The highest BCUT2D eigenvalue weighted by Crippen LogP contribution is 1.93. The van der Waals surface area contributed by atoms with Crippen molar-refractivity contribution < 1.29 is 14.6 Å². The van der Waals surface area contributed by atoms with Crippen molar-refractivity contribution in [1.29, 1.82) is 0 Å². The first-order valence-electron chi connectivity index (χ1n) is 4.88. The molecule has 4 nitrogen and oxygen atoms in total. The maximum Gasteiger partial charge on any atom is 0.0701 e. The zero-order chi connectivity index (χ0) is 9.78. The lowest BCUT2D eigenvalue weighted by Crippen LogP contribution is -2.08. The Bertz CT molecular complexity index is 80.9. The molecular weight excluding hydrogens is 170 g/mol. The molecule has 0 spiro atoms. The molecule has 13 heavy (non-hydrogen) atoms. The van der Waals surface area contributed by atoms with E-state index < -0.39 is 0 Å². The molecule has 0 fully saturated rings. The topological polar surface area (TPSA) is 64.7 Å². The third-order valence-electron chi connectivity index (χ3n) is 1.60. The normalized spacial score (nSPS) is 10.6. The van der Waals surface area contributed by atoms with Crippen molar-refractivity contribution >= 4 is 0 Å². The van der Waals surface area contributed by atoms with E-state index >= 15 is 0 Å². The minimum atomic E-state index is 0.0799. The van der Waals surface area contributed by atoms with Crippen molar-refractivity contribution in [3.8, 4) is 0 Å². The van der Waals surface area contributed by atoms with Crippen LogP contribution in [0, 0.1) is 0 Å². The molecule has 0 aliphatic rings. The van der Waals surface area contributed by atoms with Gasteiger partial charge in [-0.2, -0.15) is 0 Å². The molecule has 0 unspecified atom stereocenters. The molecule has 0 saturated carbocycles. The lowest BCUT2D eigenvalue weighted by Gasteiger charge is -2.04. The summed E-state index contributed by atoms with van der Waals surface area (Å²) in [5.74, 6) is 0. The van der Waals surface area contributed by atoms with Gasteiger partial charge < -0.3 is 20.3 Å². The Kier molecular flexibility index (Phi) is 11.7. The molecule has 0 aromatic rings. The molecule has 80 valence electrons. The van der Waals surface area contributed by atoms with Crippen LogP contribution in [0.4, 0.5) is 0 Å². The van der Waals surface area contributed by atoms with Crippen LogP contribution in [0.1, 0.15) is 19.3 Å². The molecule has 3 N–H and O–H groups in total. The fraction of sp³-hybridized carbons (Fsp3) is 1.00. The van der Waals surface area contributed by atoms with Crippen molar-refractivity contribution in [2.45, 2.75) is 19.3 Å². The lowest BCUT2D eigenvalue weighted by atomic mass is 10.2. The van der Waals surface area contributed by atoms with Gasteiger partial charge in [0.05, 0.1) is 26.4 Å². The van der Waals surface area contributed by atoms with Crippen LogP contribution in [0.15, 0.2) is 0 Å². The van der Waals surface area contributed by atoms with Crippen molar-refractivity contribution in [3.63, 3.8) is 0 Å². The van der Waals surface area contributed by atoms with Gasteiger partial charge in [-0.25, -0.2) is 0 Å². The van der Waals surface area contributed by atoms with Gasteiger partial charge in [-0.05, 0) is 25.8 Å². The number of ether oxygens (including phenoxy) is 2. The van der Waals surface area contributed by atoms with Crippen molar-refractivity contribution in [2.24, 2.45) is 5.73 Å². The zero-order valence-electron chi connectivity index (χ0n) is 8.21. The first-order chi connectivity index (χ1) is 6.41. The maximum atomic E-state index is 8.39. The predicted octanol–water partition coefficient (Wildman–Crippen LogP) is 0.141. The largest absolute Gasteiger partial charge is 0.394 e. The molecule has 0 aromatic carbocycles. The zero-order valence-corrected chi connectivity index (χ0v) is 8.21. The summed E-state index contributed by atoms with van der Waals surface area (Å²) in [6.07, 6.45) is 3.27. The summed E-state index contributed by atoms with van der Waals surface area (Å²) in [5, 5.41) is 8.39. The maximum absolute atomic E-state index is 8.39. The molecule has 0 saturated heterocycles. The van der Waals surface area contributed by atoms with Gasteiger partial charge >= 0.3 is 0 Å². The number of rotatable bonds is 10. The third kappa shape index (κ3) is 11.8. The molecule has 0 aliphatic heterocycles. The van der Waals surface area contributed by atoms with Crippen LogP contribution < -0.4 is 5.73 Å². The number of hydrogen-bond acceptors (Lipinski definition) is 4. The smallest absolute Gasteiger partial charge is 0.0701 e. The van der Waals surface area contributed by atoms with Crippen LogP contribution in [0.25, 0.3) is 0 Å². The third-order valence-corrected chi connectivity index (χ3v) is 1.60. The van der Waals surface area contributed by atoms with E-state index in [-0.39, 0.29) is 6.61 Å². The molecule has 0 amide bonds. The van der Waals surface area contributed by atoms with E-state index in [9.17, 15) is 0 Å². The Labute approximate surface area is 80.0 Å². The Balaban J connectivity index is 2.76. The van der Waals surface area contributed by atoms with Gasteiger partial charge in [-0.3, -0.25) is 0 Å². The van der Waals surface area contributed by atoms with E-state index in [1.807, 2.05) is 0 Å². The van der Waals surface area contributed by atoms with E-state index in [0.29, 0.717) is 19.8 Å². The SMILES string of the molecule is NCCCCCOCCOCCO. The Morgan fingerprint density at radius 3 is 2.15 bits per heavy atom. The second-order valence-electron chi connectivity index (χ2n) is 2.80. The molecule has 0 aromatic heterocycles. The number of unbranched alkanes of at least 4 members (excludes halogenated alkanes) is 2. The summed E-state index contributed by atoms with van der Waals surface area (Å²) in [5.41, 5.74) is 5.34. The molecule has 0 bridgehead atoms. The fourth-order valence-corrected chi connectivity index (χ4v) is 0.912. The summed E-state index contributed by atoms with van der Waals surface area (Å²) in [6, 6.07) is 0. The second-order valence-corrected chi connectivity index (χ2v) is 2.80. The number of hydrogen-bond donors (Lipinski definition) is 2. The first-order valence-corrected chi connectivity index (χ1v) is 4.88. The van der Waals surface area contributed by atoms with E-state index in [1.165, 1.54) is 0 Å². The van der Waals surface area contributed by atoms with Gasteiger partial charge in [0.25, 0.3) is 0 Å². The van der Waals surface area contributed by atoms with Gasteiger partial charge in [-0.15, -0.1) is 0 Å². The van der Waals surface area contributed by atoms with E-state index in [4.69, 9.17) is 20.3 Å². The Morgan fingerprint density at radius 1 is 0.846 bits per heavy atom. The Morgan fingerprint density at radius 2 is 1.54 bits per heavy atom. The van der Waals surface area contributed by atoms with E-state index in [0.717, 1.165) is 32.4 Å². The van der Waals surface area contributed by atoms with Crippen LogP contribution in [0.5, 0.6) is 0 Å². The summed E-state index contributed by atoms with van der Waals surface area (Å²) in [4.78, 5) is 0. The van der Waals surface area contributed by atoms with E-state index in [1.54, 1.807) is 0 Å². The van der Waals surface area contributed by atoms with Crippen molar-refractivity contribution in [1.82, 2.24) is 0 Å². The molecule has 0 radical (unpaired) electrons. The standard InChI is InChI=1S/C9H21NO3/c10-4-2-1-3-6-12-8-9-13-7-5-11/h11H,1-10H2. The highest BCUT2D eigenvalue weighted by molar-refractivity contribution is 4.41. The van der Waals surface area contributed by atoms with Crippen LogP contribution >= 0.6 is 0 Å². The van der Waals surface area contributed by atoms with Gasteiger partial charge in [0.1, 0.15) is 0 Å². The van der Waals surface area contributed by atoms with Crippen LogP contribution in [-0.4, -0.2) is 44.7 Å². The highest BCUT2D eigenvalue weighted by Gasteiger charge is 1.90. The van der Waals surface area contributed by atoms with E-state index in [2.05, 4.69) is 0 Å². The van der Waals surface area contributed by atoms with Gasteiger partial charge in [0.15, 0.2) is 0 Å². The van der Waals surface area contributed by atoms with Crippen LogP contribution in [-0.2, 0) is 9.47 Å². The average molecular weight is 191 g/mol. The van der Waals surface area contributed by atoms with Gasteiger partial charge in [-0.1, -0.05) is 0 Å². The summed E-state index contributed by atoms with van der Waals surface area (Å²) >= 11 is 0. The number of nitrogens with two attached hydrogens (primary N) is 1. The highest BCUT2D eigenvalue weighted by atomic mass is 16.5. The molecular formula is C9H21NO3. The first kappa shape index (κ1) is 12.8.